The molecule has 0 unspecified atom stereocenters. The molecule has 3 aliphatic rings. The molecular formula is C10H17NS. The molecule has 2 atom stereocenters. The zero-order valence-corrected chi connectivity index (χ0v) is 8.41. The van der Waals surface area contributed by atoms with E-state index < -0.39 is 0 Å². The highest BCUT2D eigenvalue weighted by atomic mass is 32.2. The van der Waals surface area contributed by atoms with E-state index >= 15 is 0 Å². The summed E-state index contributed by atoms with van der Waals surface area (Å²) in [5, 5.41) is 0. The Morgan fingerprint density at radius 1 is 1.17 bits per heavy atom. The summed E-state index contributed by atoms with van der Waals surface area (Å²) < 4.78 is 0. The highest BCUT2D eigenvalue weighted by Gasteiger charge is 2.51. The van der Waals surface area contributed by atoms with E-state index in [1.165, 1.54) is 50.9 Å². The van der Waals surface area contributed by atoms with E-state index in [0.717, 1.165) is 5.92 Å². The van der Waals surface area contributed by atoms with Crippen LogP contribution in [0.2, 0.25) is 0 Å². The normalized spacial score (nSPS) is 47.5. The fourth-order valence-electron chi connectivity index (χ4n) is 3.45. The molecule has 12 heavy (non-hydrogen) atoms. The van der Waals surface area contributed by atoms with Crippen LogP contribution in [0.15, 0.2) is 0 Å². The van der Waals surface area contributed by atoms with E-state index in [1.807, 2.05) is 0 Å². The van der Waals surface area contributed by atoms with Gasteiger partial charge in [0.2, 0.25) is 0 Å². The Morgan fingerprint density at radius 3 is 3.08 bits per heavy atom. The Labute approximate surface area is 78.9 Å². The second kappa shape index (κ2) is 2.65. The molecule has 1 spiro atoms. The quantitative estimate of drug-likeness (QED) is 0.567. The molecule has 1 nitrogen and oxygen atoms in total. The Hall–Kier alpha value is 0.310. The second-order valence-electron chi connectivity index (χ2n) is 4.41. The van der Waals surface area contributed by atoms with Crippen molar-refractivity contribution in [3.8, 4) is 0 Å². The molecule has 0 aromatic rings. The second-order valence-corrected chi connectivity index (χ2v) is 5.82. The van der Waals surface area contributed by atoms with Crippen LogP contribution in [0.25, 0.3) is 0 Å². The van der Waals surface area contributed by atoms with Gasteiger partial charge in [-0.05, 0) is 38.1 Å². The zero-order valence-electron chi connectivity index (χ0n) is 7.59. The minimum Gasteiger partial charge on any atom is -0.288 e. The summed E-state index contributed by atoms with van der Waals surface area (Å²) >= 11 is 2.27. The summed E-state index contributed by atoms with van der Waals surface area (Å²) in [6.45, 7) is 2.77. The van der Waals surface area contributed by atoms with E-state index in [9.17, 15) is 0 Å². The summed E-state index contributed by atoms with van der Waals surface area (Å²) in [6, 6.07) is 0. The summed E-state index contributed by atoms with van der Waals surface area (Å²) in [4.78, 5) is 3.44. The monoisotopic (exact) mass is 183 g/mol. The van der Waals surface area contributed by atoms with Crippen LogP contribution in [0.5, 0.6) is 0 Å². The summed E-state index contributed by atoms with van der Waals surface area (Å²) in [5.74, 6) is 2.45. The molecule has 0 amide bonds. The van der Waals surface area contributed by atoms with Crippen molar-refractivity contribution in [3.05, 3.63) is 0 Å². The number of hydrogen-bond donors (Lipinski definition) is 0. The Balaban J connectivity index is 1.93. The number of rotatable bonds is 0. The van der Waals surface area contributed by atoms with Crippen LogP contribution < -0.4 is 0 Å². The summed E-state index contributed by atoms with van der Waals surface area (Å²) in [6.07, 6.45) is 7.48. The molecule has 1 aliphatic carbocycles. The highest BCUT2D eigenvalue weighted by molar-refractivity contribution is 8.00. The van der Waals surface area contributed by atoms with Crippen LogP contribution in [0.3, 0.4) is 0 Å². The molecule has 2 aliphatic heterocycles. The number of nitrogens with zero attached hydrogens (tertiary/aromatic N) is 1. The minimum absolute atomic E-state index is 0.651. The van der Waals surface area contributed by atoms with Crippen LogP contribution in [-0.4, -0.2) is 28.6 Å². The highest BCUT2D eigenvalue weighted by Crippen LogP contribution is 2.55. The lowest BCUT2D eigenvalue weighted by atomic mass is 9.91. The predicted molar refractivity (Wildman–Crippen MR) is 53.3 cm³/mol. The lowest BCUT2D eigenvalue weighted by Gasteiger charge is -2.43. The Kier molecular flexibility index (Phi) is 1.70. The van der Waals surface area contributed by atoms with Gasteiger partial charge in [0.25, 0.3) is 0 Å². The van der Waals surface area contributed by atoms with E-state index in [-0.39, 0.29) is 0 Å². The van der Waals surface area contributed by atoms with Crippen molar-refractivity contribution in [1.82, 2.24) is 4.90 Å². The molecule has 0 radical (unpaired) electrons. The summed E-state index contributed by atoms with van der Waals surface area (Å²) in [7, 11) is 0. The van der Waals surface area contributed by atoms with Gasteiger partial charge in [0.05, 0.1) is 4.87 Å². The first-order chi connectivity index (χ1) is 5.92. The maximum absolute atomic E-state index is 2.79. The first kappa shape index (κ1) is 7.69. The molecule has 0 aromatic carbocycles. The molecule has 2 heterocycles. The fourth-order valence-corrected chi connectivity index (χ4v) is 5.24. The van der Waals surface area contributed by atoms with E-state index in [4.69, 9.17) is 0 Å². The first-order valence-corrected chi connectivity index (χ1v) is 6.29. The van der Waals surface area contributed by atoms with Crippen LogP contribution in [0.4, 0.5) is 0 Å². The van der Waals surface area contributed by atoms with Crippen LogP contribution >= 0.6 is 11.8 Å². The van der Waals surface area contributed by atoms with E-state index in [1.54, 1.807) is 0 Å². The molecule has 2 heteroatoms. The lowest BCUT2D eigenvalue weighted by Crippen LogP contribution is -2.48. The van der Waals surface area contributed by atoms with Crippen LogP contribution in [0, 0.1) is 5.92 Å². The molecular weight excluding hydrogens is 166 g/mol. The smallest absolute Gasteiger partial charge is 0.0699 e. The molecule has 0 aromatic heterocycles. The lowest BCUT2D eigenvalue weighted by molar-refractivity contribution is 0.106. The van der Waals surface area contributed by atoms with Crippen molar-refractivity contribution in [2.75, 3.05) is 18.8 Å². The fraction of sp³-hybridized carbons (Fsp3) is 1.00. The Bertz CT molecular complexity index is 172. The van der Waals surface area contributed by atoms with Gasteiger partial charge in [0.15, 0.2) is 0 Å². The minimum atomic E-state index is 0.651. The van der Waals surface area contributed by atoms with Crippen molar-refractivity contribution in [3.63, 3.8) is 0 Å². The number of thioether (sulfide) groups is 1. The third-order valence-corrected chi connectivity index (χ3v) is 5.64. The van der Waals surface area contributed by atoms with Gasteiger partial charge in [0.1, 0.15) is 0 Å². The third kappa shape index (κ3) is 0.856. The molecule has 2 saturated heterocycles. The van der Waals surface area contributed by atoms with Crippen molar-refractivity contribution in [2.24, 2.45) is 5.92 Å². The molecule has 0 bridgehead atoms. The molecule has 3 rings (SSSR count). The van der Waals surface area contributed by atoms with E-state index in [0.29, 0.717) is 4.87 Å². The van der Waals surface area contributed by atoms with Gasteiger partial charge in [-0.3, -0.25) is 4.90 Å². The van der Waals surface area contributed by atoms with Crippen LogP contribution in [0.1, 0.15) is 32.1 Å². The Morgan fingerprint density at radius 2 is 2.08 bits per heavy atom. The number of hydrogen-bond acceptors (Lipinski definition) is 2. The predicted octanol–water partition coefficient (Wildman–Crippen LogP) is 2.33. The average Bonchev–Trinajstić information content (AvgIpc) is 2.63. The first-order valence-electron chi connectivity index (χ1n) is 5.31. The van der Waals surface area contributed by atoms with Crippen molar-refractivity contribution in [2.45, 2.75) is 37.0 Å². The van der Waals surface area contributed by atoms with Gasteiger partial charge in [0, 0.05) is 12.3 Å². The number of piperidine rings is 1. The van der Waals surface area contributed by atoms with Crippen molar-refractivity contribution in [1.29, 1.82) is 0 Å². The van der Waals surface area contributed by atoms with Gasteiger partial charge < -0.3 is 0 Å². The largest absolute Gasteiger partial charge is 0.288 e. The van der Waals surface area contributed by atoms with Crippen molar-refractivity contribution < 1.29 is 0 Å². The standard InChI is InChI=1S/C10H17NS/c1-3-9-4-2-6-11-7-8-12-10(9,11)5-1/h9H,1-8H2/t9-,10-/m1/s1. The van der Waals surface area contributed by atoms with Gasteiger partial charge in [-0.2, -0.15) is 0 Å². The third-order valence-electron chi connectivity index (χ3n) is 3.95. The maximum atomic E-state index is 2.79. The molecule has 1 saturated carbocycles. The molecule has 68 valence electrons. The van der Waals surface area contributed by atoms with Crippen LogP contribution in [-0.2, 0) is 0 Å². The molecule has 0 N–H and O–H groups in total. The van der Waals surface area contributed by atoms with Crippen molar-refractivity contribution >= 4 is 11.8 Å². The summed E-state index contributed by atoms with van der Waals surface area (Å²) in [5.41, 5.74) is 0. The maximum Gasteiger partial charge on any atom is 0.0699 e. The molecule has 3 fully saturated rings. The average molecular weight is 183 g/mol. The van der Waals surface area contributed by atoms with Gasteiger partial charge >= 0.3 is 0 Å². The zero-order chi connectivity index (χ0) is 8.02. The van der Waals surface area contributed by atoms with Gasteiger partial charge in [-0.1, -0.05) is 6.42 Å². The van der Waals surface area contributed by atoms with Gasteiger partial charge in [-0.15, -0.1) is 11.8 Å². The van der Waals surface area contributed by atoms with E-state index in [2.05, 4.69) is 16.7 Å². The van der Waals surface area contributed by atoms with Gasteiger partial charge in [-0.25, -0.2) is 0 Å². The SMILES string of the molecule is C1C[C@H]2CCC[C@@]23SCCN3C1. The topological polar surface area (TPSA) is 3.24 Å².